The Hall–Kier alpha value is -0.0800. The first kappa shape index (κ1) is 12.0. The maximum atomic E-state index is 6.25. The SMILES string of the molecule is CCC(CC)OC1(CC)CCOCC1. The topological polar surface area (TPSA) is 18.5 Å². The van der Waals surface area contributed by atoms with Gasteiger partial charge in [-0.3, -0.25) is 0 Å². The molecule has 0 aromatic carbocycles. The molecule has 84 valence electrons. The highest BCUT2D eigenvalue weighted by Crippen LogP contribution is 2.31. The van der Waals surface area contributed by atoms with Gasteiger partial charge in [0.25, 0.3) is 0 Å². The average molecular weight is 200 g/mol. The van der Waals surface area contributed by atoms with Crippen LogP contribution in [0, 0.1) is 0 Å². The zero-order chi connectivity index (χ0) is 10.4. The van der Waals surface area contributed by atoms with E-state index in [-0.39, 0.29) is 5.60 Å². The molecular weight excluding hydrogens is 176 g/mol. The van der Waals surface area contributed by atoms with Crippen LogP contribution in [0.4, 0.5) is 0 Å². The Balaban J connectivity index is 2.50. The first-order valence-corrected chi connectivity index (χ1v) is 6.02. The lowest BCUT2D eigenvalue weighted by molar-refractivity contribution is -0.146. The smallest absolute Gasteiger partial charge is 0.0727 e. The maximum Gasteiger partial charge on any atom is 0.0727 e. The third kappa shape index (κ3) is 2.96. The highest BCUT2D eigenvalue weighted by atomic mass is 16.5. The largest absolute Gasteiger partial charge is 0.381 e. The number of ether oxygens (including phenoxy) is 2. The first-order chi connectivity index (χ1) is 6.76. The van der Waals surface area contributed by atoms with Crippen LogP contribution in [0.5, 0.6) is 0 Å². The summed E-state index contributed by atoms with van der Waals surface area (Å²) in [4.78, 5) is 0. The Morgan fingerprint density at radius 2 is 1.71 bits per heavy atom. The molecule has 0 spiro atoms. The van der Waals surface area contributed by atoms with Crippen LogP contribution in [0.3, 0.4) is 0 Å². The van der Waals surface area contributed by atoms with Crippen LogP contribution < -0.4 is 0 Å². The van der Waals surface area contributed by atoms with E-state index in [1.165, 1.54) is 0 Å². The summed E-state index contributed by atoms with van der Waals surface area (Å²) in [6.45, 7) is 8.38. The molecule has 0 N–H and O–H groups in total. The molecule has 0 saturated carbocycles. The van der Waals surface area contributed by atoms with Gasteiger partial charge in [0.15, 0.2) is 0 Å². The van der Waals surface area contributed by atoms with Crippen molar-refractivity contribution < 1.29 is 9.47 Å². The normalized spacial score (nSPS) is 21.4. The maximum absolute atomic E-state index is 6.25. The molecule has 0 aromatic heterocycles. The van der Waals surface area contributed by atoms with Gasteiger partial charge in [0.2, 0.25) is 0 Å². The monoisotopic (exact) mass is 200 g/mol. The van der Waals surface area contributed by atoms with Gasteiger partial charge in [-0.15, -0.1) is 0 Å². The molecule has 0 unspecified atom stereocenters. The summed E-state index contributed by atoms with van der Waals surface area (Å²) in [5, 5.41) is 0. The van der Waals surface area contributed by atoms with Gasteiger partial charge in [0.1, 0.15) is 0 Å². The summed E-state index contributed by atoms with van der Waals surface area (Å²) in [5.74, 6) is 0. The number of rotatable bonds is 5. The van der Waals surface area contributed by atoms with E-state index < -0.39 is 0 Å². The molecule has 2 nitrogen and oxygen atoms in total. The molecule has 0 bridgehead atoms. The molecule has 0 aliphatic carbocycles. The molecule has 0 aromatic rings. The van der Waals surface area contributed by atoms with Gasteiger partial charge in [-0.1, -0.05) is 20.8 Å². The third-order valence-electron chi connectivity index (χ3n) is 3.38. The summed E-state index contributed by atoms with van der Waals surface area (Å²) < 4.78 is 11.6. The predicted molar refractivity (Wildman–Crippen MR) is 58.5 cm³/mol. The van der Waals surface area contributed by atoms with E-state index >= 15 is 0 Å². The summed E-state index contributed by atoms with van der Waals surface area (Å²) in [7, 11) is 0. The van der Waals surface area contributed by atoms with Crippen molar-refractivity contribution in [3.05, 3.63) is 0 Å². The van der Waals surface area contributed by atoms with E-state index in [0.717, 1.165) is 45.3 Å². The second-order valence-corrected chi connectivity index (χ2v) is 4.21. The predicted octanol–water partition coefficient (Wildman–Crippen LogP) is 3.15. The Morgan fingerprint density at radius 3 is 2.14 bits per heavy atom. The first-order valence-electron chi connectivity index (χ1n) is 6.02. The lowest BCUT2D eigenvalue weighted by Gasteiger charge is -2.39. The molecule has 0 amide bonds. The minimum atomic E-state index is 0.120. The highest BCUT2D eigenvalue weighted by molar-refractivity contribution is 4.83. The fraction of sp³-hybridized carbons (Fsp3) is 1.00. The lowest BCUT2D eigenvalue weighted by atomic mass is 9.90. The van der Waals surface area contributed by atoms with Crippen molar-refractivity contribution in [2.24, 2.45) is 0 Å². The van der Waals surface area contributed by atoms with Gasteiger partial charge in [0, 0.05) is 13.2 Å². The van der Waals surface area contributed by atoms with Crippen molar-refractivity contribution in [1.82, 2.24) is 0 Å². The molecule has 2 heteroatoms. The van der Waals surface area contributed by atoms with Crippen LogP contribution in [0.25, 0.3) is 0 Å². The number of hydrogen-bond donors (Lipinski definition) is 0. The van der Waals surface area contributed by atoms with E-state index in [2.05, 4.69) is 20.8 Å². The zero-order valence-electron chi connectivity index (χ0n) is 9.84. The summed E-state index contributed by atoms with van der Waals surface area (Å²) in [6, 6.07) is 0. The molecule has 1 rings (SSSR count). The van der Waals surface area contributed by atoms with E-state index in [9.17, 15) is 0 Å². The summed E-state index contributed by atoms with van der Waals surface area (Å²) >= 11 is 0. The fourth-order valence-electron chi connectivity index (χ4n) is 2.11. The second kappa shape index (κ2) is 5.72. The third-order valence-corrected chi connectivity index (χ3v) is 3.38. The van der Waals surface area contributed by atoms with E-state index in [1.54, 1.807) is 0 Å². The molecule has 1 heterocycles. The van der Waals surface area contributed by atoms with Crippen LogP contribution in [0.15, 0.2) is 0 Å². The van der Waals surface area contributed by atoms with Gasteiger partial charge < -0.3 is 9.47 Å². The molecule has 14 heavy (non-hydrogen) atoms. The Morgan fingerprint density at radius 1 is 1.14 bits per heavy atom. The van der Waals surface area contributed by atoms with Gasteiger partial charge in [-0.2, -0.15) is 0 Å². The van der Waals surface area contributed by atoms with Crippen LogP contribution in [-0.4, -0.2) is 24.9 Å². The molecule has 0 radical (unpaired) electrons. The van der Waals surface area contributed by atoms with Crippen molar-refractivity contribution in [2.45, 2.75) is 64.6 Å². The van der Waals surface area contributed by atoms with Crippen LogP contribution >= 0.6 is 0 Å². The van der Waals surface area contributed by atoms with E-state index in [4.69, 9.17) is 9.47 Å². The Labute approximate surface area is 88.0 Å². The van der Waals surface area contributed by atoms with Crippen LogP contribution in [0.2, 0.25) is 0 Å². The van der Waals surface area contributed by atoms with Crippen LogP contribution in [-0.2, 0) is 9.47 Å². The fourth-order valence-corrected chi connectivity index (χ4v) is 2.11. The van der Waals surface area contributed by atoms with Gasteiger partial charge in [0.05, 0.1) is 11.7 Å². The minimum absolute atomic E-state index is 0.120. The van der Waals surface area contributed by atoms with Crippen molar-refractivity contribution >= 4 is 0 Å². The van der Waals surface area contributed by atoms with Crippen molar-refractivity contribution in [3.63, 3.8) is 0 Å². The van der Waals surface area contributed by atoms with Crippen molar-refractivity contribution in [1.29, 1.82) is 0 Å². The van der Waals surface area contributed by atoms with Gasteiger partial charge in [-0.05, 0) is 32.1 Å². The summed E-state index contributed by atoms with van der Waals surface area (Å²) in [5.41, 5.74) is 0.120. The van der Waals surface area contributed by atoms with Gasteiger partial charge >= 0.3 is 0 Å². The lowest BCUT2D eigenvalue weighted by Crippen LogP contribution is -2.41. The molecule has 1 saturated heterocycles. The average Bonchev–Trinajstić information content (AvgIpc) is 2.27. The highest BCUT2D eigenvalue weighted by Gasteiger charge is 2.33. The molecular formula is C12H24O2. The van der Waals surface area contributed by atoms with Crippen LogP contribution in [0.1, 0.15) is 52.9 Å². The molecule has 1 fully saturated rings. The zero-order valence-corrected chi connectivity index (χ0v) is 9.84. The Bertz CT molecular complexity index is 146. The Kier molecular flexibility index (Phi) is 4.90. The minimum Gasteiger partial charge on any atom is -0.381 e. The van der Waals surface area contributed by atoms with Crippen molar-refractivity contribution in [2.75, 3.05) is 13.2 Å². The quantitative estimate of drug-likeness (QED) is 0.678. The molecule has 0 atom stereocenters. The van der Waals surface area contributed by atoms with Crippen molar-refractivity contribution in [3.8, 4) is 0 Å². The van der Waals surface area contributed by atoms with Gasteiger partial charge in [-0.25, -0.2) is 0 Å². The number of hydrogen-bond acceptors (Lipinski definition) is 2. The second-order valence-electron chi connectivity index (χ2n) is 4.21. The van der Waals surface area contributed by atoms with E-state index in [0.29, 0.717) is 6.10 Å². The van der Waals surface area contributed by atoms with E-state index in [1.807, 2.05) is 0 Å². The summed E-state index contributed by atoms with van der Waals surface area (Å²) in [6.07, 6.45) is 5.94. The molecule has 1 aliphatic rings. The standard InChI is InChI=1S/C12H24O2/c1-4-11(5-2)14-12(6-3)7-9-13-10-8-12/h11H,4-10H2,1-3H3. The molecule has 1 aliphatic heterocycles.